The number of piperidine rings is 1. The van der Waals surface area contributed by atoms with E-state index in [1.165, 1.54) is 0 Å². The van der Waals surface area contributed by atoms with Crippen molar-refractivity contribution in [1.29, 1.82) is 0 Å². The van der Waals surface area contributed by atoms with Gasteiger partial charge in [-0.05, 0) is 38.8 Å². The molecule has 1 aliphatic rings. The minimum atomic E-state index is -0.209. The maximum atomic E-state index is 11.1. The van der Waals surface area contributed by atoms with E-state index in [9.17, 15) is 4.79 Å². The number of hydrogen-bond donors (Lipinski definition) is 2. The second-order valence-electron chi connectivity index (χ2n) is 6.25. The van der Waals surface area contributed by atoms with Crippen LogP contribution in [0, 0.1) is 5.92 Å². The molecule has 0 aromatic heterocycles. The lowest BCUT2D eigenvalue weighted by Crippen LogP contribution is -2.47. The zero-order chi connectivity index (χ0) is 17.1. The van der Waals surface area contributed by atoms with Crippen LogP contribution in [0.2, 0.25) is 0 Å². The molecular weight excluding hydrogens is 421 g/mol. The van der Waals surface area contributed by atoms with Gasteiger partial charge in [-0.3, -0.25) is 9.79 Å². The Morgan fingerprint density at radius 2 is 2.21 bits per heavy atom. The molecule has 3 N–H and O–H groups in total. The number of hydrogen-bond acceptors (Lipinski definition) is 4. The van der Waals surface area contributed by atoms with Crippen LogP contribution >= 0.6 is 24.0 Å². The molecule has 142 valence electrons. The van der Waals surface area contributed by atoms with Crippen molar-refractivity contribution in [3.05, 3.63) is 0 Å². The van der Waals surface area contributed by atoms with E-state index in [0.29, 0.717) is 12.3 Å². The summed E-state index contributed by atoms with van der Waals surface area (Å²) in [6, 6.07) is 0. The van der Waals surface area contributed by atoms with Gasteiger partial charge in [0.15, 0.2) is 5.96 Å². The summed E-state index contributed by atoms with van der Waals surface area (Å²) < 4.78 is 5.08. The predicted octanol–water partition coefficient (Wildman–Crippen LogP) is 0.736. The Labute approximate surface area is 163 Å². The van der Waals surface area contributed by atoms with Gasteiger partial charge in [0.25, 0.3) is 0 Å². The highest BCUT2D eigenvalue weighted by Gasteiger charge is 2.23. The Balaban J connectivity index is 0.00000529. The fourth-order valence-corrected chi connectivity index (χ4v) is 2.95. The maximum absolute atomic E-state index is 11.1. The highest BCUT2D eigenvalue weighted by atomic mass is 127. The van der Waals surface area contributed by atoms with E-state index in [-0.39, 0.29) is 29.9 Å². The number of nitrogens with two attached hydrogens (primary N) is 1. The van der Waals surface area contributed by atoms with Gasteiger partial charge in [-0.15, -0.1) is 24.0 Å². The molecule has 8 heteroatoms. The third-order valence-corrected chi connectivity index (χ3v) is 4.20. The third kappa shape index (κ3) is 9.63. The molecule has 0 aromatic carbocycles. The number of nitrogens with zero attached hydrogens (tertiary/aromatic N) is 3. The van der Waals surface area contributed by atoms with Crippen LogP contribution in [0.15, 0.2) is 4.99 Å². The lowest BCUT2D eigenvalue weighted by Gasteiger charge is -2.34. The number of ether oxygens (including phenoxy) is 1. The monoisotopic (exact) mass is 455 g/mol. The number of carbonyl (C=O) groups excluding carboxylic acids is 1. The summed E-state index contributed by atoms with van der Waals surface area (Å²) >= 11 is 0. The number of methoxy groups -OCH3 is 1. The summed E-state index contributed by atoms with van der Waals surface area (Å²) in [4.78, 5) is 20.0. The summed E-state index contributed by atoms with van der Waals surface area (Å²) in [5.41, 5.74) is 5.32. The zero-order valence-corrected chi connectivity index (χ0v) is 17.6. The van der Waals surface area contributed by atoms with Crippen molar-refractivity contribution in [2.75, 3.05) is 60.5 Å². The number of guanidine groups is 1. The van der Waals surface area contributed by atoms with Crippen LogP contribution in [0.4, 0.5) is 0 Å². The molecule has 1 heterocycles. The van der Waals surface area contributed by atoms with E-state index >= 15 is 0 Å². The average Bonchev–Trinajstić information content (AvgIpc) is 2.52. The van der Waals surface area contributed by atoms with Gasteiger partial charge in [-0.1, -0.05) is 0 Å². The molecule has 0 radical (unpaired) electrons. The minimum absolute atomic E-state index is 0. The first-order chi connectivity index (χ1) is 11.1. The summed E-state index contributed by atoms with van der Waals surface area (Å²) in [7, 11) is 5.64. The highest BCUT2D eigenvalue weighted by Crippen LogP contribution is 2.19. The summed E-state index contributed by atoms with van der Waals surface area (Å²) in [5.74, 6) is 1.07. The van der Waals surface area contributed by atoms with E-state index in [0.717, 1.165) is 64.6 Å². The number of nitrogens with one attached hydrogen (secondary N) is 1. The highest BCUT2D eigenvalue weighted by molar-refractivity contribution is 14.0. The number of aliphatic imine (C=N–C) groups is 1. The largest absolute Gasteiger partial charge is 0.383 e. The number of carbonyl (C=O) groups is 1. The van der Waals surface area contributed by atoms with E-state index in [4.69, 9.17) is 10.5 Å². The first kappa shape index (κ1) is 23.4. The van der Waals surface area contributed by atoms with Crippen molar-refractivity contribution in [1.82, 2.24) is 15.1 Å². The Morgan fingerprint density at radius 1 is 1.46 bits per heavy atom. The number of likely N-dealkylation sites (N-methyl/N-ethyl adjacent to an activating group) is 1. The summed E-state index contributed by atoms with van der Waals surface area (Å²) in [6.07, 6.45) is 3.68. The minimum Gasteiger partial charge on any atom is -0.383 e. The van der Waals surface area contributed by atoms with Crippen molar-refractivity contribution in [2.24, 2.45) is 16.6 Å². The Bertz CT molecular complexity index is 381. The number of likely N-dealkylation sites (tertiary alicyclic amines) is 1. The van der Waals surface area contributed by atoms with Crippen molar-refractivity contribution >= 4 is 35.8 Å². The van der Waals surface area contributed by atoms with Crippen LogP contribution < -0.4 is 11.1 Å². The Kier molecular flexibility index (Phi) is 13.3. The van der Waals surface area contributed by atoms with Gasteiger partial charge in [0.2, 0.25) is 5.91 Å². The molecule has 0 aromatic rings. The van der Waals surface area contributed by atoms with E-state index in [1.807, 2.05) is 7.05 Å². The topological polar surface area (TPSA) is 83.2 Å². The molecular formula is C16H34IN5O2. The number of halogens is 1. The molecule has 0 aliphatic carbocycles. The van der Waals surface area contributed by atoms with E-state index in [1.54, 1.807) is 7.11 Å². The lowest BCUT2D eigenvalue weighted by atomic mass is 9.95. The molecule has 0 spiro atoms. The quantitative estimate of drug-likeness (QED) is 0.232. The van der Waals surface area contributed by atoms with Crippen LogP contribution in [0.3, 0.4) is 0 Å². The molecule has 1 fully saturated rings. The first-order valence-corrected chi connectivity index (χ1v) is 8.48. The van der Waals surface area contributed by atoms with Gasteiger partial charge >= 0.3 is 0 Å². The molecule has 1 unspecified atom stereocenters. The third-order valence-electron chi connectivity index (χ3n) is 4.20. The maximum Gasteiger partial charge on any atom is 0.217 e. The standard InChI is InChI=1S/C16H33N5O2.HI/c1-18-16(19-7-5-8-20(2)10-11-23-3)21-9-4-6-14(13-21)12-15(17)22;/h14H,4-13H2,1-3H3,(H2,17,22)(H,18,19);1H. The zero-order valence-electron chi connectivity index (χ0n) is 15.3. The predicted molar refractivity (Wildman–Crippen MR) is 109 cm³/mol. The molecule has 1 amide bonds. The van der Waals surface area contributed by atoms with Crippen molar-refractivity contribution < 1.29 is 9.53 Å². The molecule has 1 saturated heterocycles. The van der Waals surface area contributed by atoms with Crippen LogP contribution in [-0.4, -0.2) is 82.2 Å². The molecule has 0 saturated carbocycles. The van der Waals surface area contributed by atoms with Crippen LogP contribution in [0.25, 0.3) is 0 Å². The number of rotatable bonds is 9. The van der Waals surface area contributed by atoms with E-state index < -0.39 is 0 Å². The fraction of sp³-hybridized carbons (Fsp3) is 0.875. The van der Waals surface area contributed by atoms with Crippen molar-refractivity contribution in [3.63, 3.8) is 0 Å². The van der Waals surface area contributed by atoms with Crippen LogP contribution in [0.1, 0.15) is 25.7 Å². The smallest absolute Gasteiger partial charge is 0.217 e. The summed E-state index contributed by atoms with van der Waals surface area (Å²) in [5, 5.41) is 3.43. The number of primary amides is 1. The van der Waals surface area contributed by atoms with Gasteiger partial charge in [0.05, 0.1) is 6.61 Å². The number of amides is 1. The second-order valence-corrected chi connectivity index (χ2v) is 6.25. The average molecular weight is 455 g/mol. The SMILES string of the molecule is CN=C(NCCCN(C)CCOC)N1CCCC(CC(N)=O)C1.I. The molecule has 1 atom stereocenters. The molecule has 24 heavy (non-hydrogen) atoms. The van der Waals surface area contributed by atoms with Crippen molar-refractivity contribution in [3.8, 4) is 0 Å². The van der Waals surface area contributed by atoms with Gasteiger partial charge in [0, 0.05) is 46.8 Å². The fourth-order valence-electron chi connectivity index (χ4n) is 2.95. The normalized spacial score (nSPS) is 18.4. The summed E-state index contributed by atoms with van der Waals surface area (Å²) in [6.45, 7) is 5.48. The van der Waals surface area contributed by atoms with E-state index in [2.05, 4.69) is 27.2 Å². The van der Waals surface area contributed by atoms with Crippen LogP contribution in [0.5, 0.6) is 0 Å². The second kappa shape index (κ2) is 13.7. The first-order valence-electron chi connectivity index (χ1n) is 8.48. The van der Waals surface area contributed by atoms with Crippen molar-refractivity contribution in [2.45, 2.75) is 25.7 Å². The Hall–Kier alpha value is -0.610. The van der Waals surface area contributed by atoms with Gasteiger partial charge in [-0.2, -0.15) is 0 Å². The lowest BCUT2D eigenvalue weighted by molar-refractivity contribution is -0.119. The van der Waals surface area contributed by atoms with Gasteiger partial charge in [0.1, 0.15) is 0 Å². The molecule has 1 aliphatic heterocycles. The molecule has 1 rings (SSSR count). The van der Waals surface area contributed by atoms with Crippen LogP contribution in [-0.2, 0) is 9.53 Å². The Morgan fingerprint density at radius 3 is 2.83 bits per heavy atom. The molecule has 0 bridgehead atoms. The van der Waals surface area contributed by atoms with Gasteiger partial charge < -0.3 is 25.6 Å². The van der Waals surface area contributed by atoms with Gasteiger partial charge in [-0.25, -0.2) is 0 Å². The molecule has 7 nitrogen and oxygen atoms in total.